The number of carbonyl (C=O) groups is 1. The second-order valence-corrected chi connectivity index (χ2v) is 3.65. The van der Waals surface area contributed by atoms with Crippen LogP contribution in [0.2, 0.25) is 0 Å². The van der Waals surface area contributed by atoms with Crippen molar-refractivity contribution in [3.05, 3.63) is 29.8 Å². The molecule has 0 heterocycles. The lowest BCUT2D eigenvalue weighted by molar-refractivity contribution is -0.149. The number of methoxy groups -OCH3 is 1. The molecule has 3 N–H and O–H groups in total. The molecule has 0 radical (unpaired) electrons. The van der Waals surface area contributed by atoms with Gasteiger partial charge in [-0.2, -0.15) is 0 Å². The Morgan fingerprint density at radius 1 is 1.50 bits per heavy atom. The molecular formula is C11H15NO4. The topological polar surface area (TPSA) is 81.8 Å². The Labute approximate surface area is 93.7 Å². The predicted octanol–water partition coefficient (Wildman–Crippen LogP) is 0.713. The van der Waals surface area contributed by atoms with E-state index in [1.807, 2.05) is 0 Å². The van der Waals surface area contributed by atoms with Crippen LogP contribution in [-0.2, 0) is 19.8 Å². The van der Waals surface area contributed by atoms with Gasteiger partial charge in [-0.3, -0.25) is 4.79 Å². The summed E-state index contributed by atoms with van der Waals surface area (Å²) in [5, 5.41) is 9.71. The number of benzene rings is 1. The van der Waals surface area contributed by atoms with Crippen molar-refractivity contribution < 1.29 is 19.5 Å². The molecule has 0 spiro atoms. The van der Waals surface area contributed by atoms with Crippen molar-refractivity contribution in [2.75, 3.05) is 13.7 Å². The lowest BCUT2D eigenvalue weighted by atomic mass is 9.82. The van der Waals surface area contributed by atoms with Crippen LogP contribution < -0.4 is 5.90 Å². The van der Waals surface area contributed by atoms with E-state index in [4.69, 9.17) is 10.6 Å². The number of ether oxygens (including phenoxy) is 1. The average molecular weight is 225 g/mol. The quantitative estimate of drug-likeness (QED) is 0.582. The van der Waals surface area contributed by atoms with Crippen molar-refractivity contribution in [3.8, 4) is 5.75 Å². The van der Waals surface area contributed by atoms with E-state index in [-0.39, 0.29) is 12.4 Å². The molecule has 0 fully saturated rings. The summed E-state index contributed by atoms with van der Waals surface area (Å²) in [7, 11) is 1.27. The van der Waals surface area contributed by atoms with Crippen LogP contribution in [0.25, 0.3) is 0 Å². The monoisotopic (exact) mass is 225 g/mol. The summed E-state index contributed by atoms with van der Waals surface area (Å²) in [6.07, 6.45) is 0. The molecule has 1 atom stereocenters. The molecule has 0 aliphatic heterocycles. The lowest BCUT2D eigenvalue weighted by Gasteiger charge is -2.26. The molecule has 5 heteroatoms. The standard InChI is InChI=1S/C11H15NO4/c1-11(7-16-12,10(14)15-2)8-5-3-4-6-9(8)13/h3-6,13H,7,12H2,1-2H3. The van der Waals surface area contributed by atoms with Crippen LogP contribution in [0.1, 0.15) is 12.5 Å². The molecular weight excluding hydrogens is 210 g/mol. The van der Waals surface area contributed by atoms with E-state index in [0.717, 1.165) is 0 Å². The van der Waals surface area contributed by atoms with Crippen molar-refractivity contribution in [1.82, 2.24) is 0 Å². The molecule has 0 saturated carbocycles. The molecule has 88 valence electrons. The Morgan fingerprint density at radius 3 is 2.62 bits per heavy atom. The molecule has 0 bridgehead atoms. The van der Waals surface area contributed by atoms with Crippen LogP contribution in [0.5, 0.6) is 5.75 Å². The van der Waals surface area contributed by atoms with E-state index in [9.17, 15) is 9.90 Å². The fourth-order valence-corrected chi connectivity index (χ4v) is 1.58. The van der Waals surface area contributed by atoms with E-state index in [1.54, 1.807) is 25.1 Å². The highest BCUT2D eigenvalue weighted by Crippen LogP contribution is 2.32. The van der Waals surface area contributed by atoms with Gasteiger partial charge in [0.2, 0.25) is 0 Å². The summed E-state index contributed by atoms with van der Waals surface area (Å²) in [5.41, 5.74) is -0.693. The Kier molecular flexibility index (Phi) is 3.87. The first-order valence-corrected chi connectivity index (χ1v) is 4.75. The first-order valence-electron chi connectivity index (χ1n) is 4.75. The van der Waals surface area contributed by atoms with Gasteiger partial charge in [-0.25, -0.2) is 5.90 Å². The largest absolute Gasteiger partial charge is 0.508 e. The van der Waals surface area contributed by atoms with Crippen molar-refractivity contribution in [2.24, 2.45) is 5.90 Å². The predicted molar refractivity (Wildman–Crippen MR) is 57.6 cm³/mol. The van der Waals surface area contributed by atoms with Crippen LogP contribution in [0, 0.1) is 0 Å². The minimum atomic E-state index is -1.12. The van der Waals surface area contributed by atoms with Gasteiger partial charge >= 0.3 is 5.97 Å². The summed E-state index contributed by atoms with van der Waals surface area (Å²) < 4.78 is 4.69. The van der Waals surface area contributed by atoms with Crippen LogP contribution in [0.3, 0.4) is 0 Å². The molecule has 16 heavy (non-hydrogen) atoms. The molecule has 0 aromatic heterocycles. The molecule has 1 aromatic carbocycles. The van der Waals surface area contributed by atoms with Crippen LogP contribution in [0.4, 0.5) is 0 Å². The van der Waals surface area contributed by atoms with Gasteiger partial charge in [0.05, 0.1) is 13.7 Å². The number of hydrogen-bond donors (Lipinski definition) is 2. The smallest absolute Gasteiger partial charge is 0.318 e. The summed E-state index contributed by atoms with van der Waals surface area (Å²) in [5.74, 6) is 4.50. The number of hydrogen-bond acceptors (Lipinski definition) is 5. The van der Waals surface area contributed by atoms with Crippen molar-refractivity contribution in [1.29, 1.82) is 0 Å². The van der Waals surface area contributed by atoms with Crippen LogP contribution >= 0.6 is 0 Å². The number of phenolic OH excluding ortho intramolecular Hbond substituents is 1. The number of phenols is 1. The van der Waals surface area contributed by atoms with E-state index >= 15 is 0 Å². The Bertz CT molecular complexity index is 380. The summed E-state index contributed by atoms with van der Waals surface area (Å²) in [6, 6.07) is 6.50. The molecule has 5 nitrogen and oxygen atoms in total. The lowest BCUT2D eigenvalue weighted by Crippen LogP contribution is -2.39. The second-order valence-electron chi connectivity index (χ2n) is 3.65. The van der Waals surface area contributed by atoms with E-state index in [2.05, 4.69) is 4.84 Å². The zero-order chi connectivity index (χ0) is 12.2. The zero-order valence-electron chi connectivity index (χ0n) is 9.27. The van der Waals surface area contributed by atoms with Gasteiger partial charge in [-0.05, 0) is 13.0 Å². The van der Waals surface area contributed by atoms with Gasteiger partial charge in [-0.15, -0.1) is 0 Å². The molecule has 0 aliphatic carbocycles. The number of aromatic hydroxyl groups is 1. The summed E-state index contributed by atoms with van der Waals surface area (Å²) >= 11 is 0. The zero-order valence-corrected chi connectivity index (χ0v) is 9.27. The molecule has 1 unspecified atom stereocenters. The Hall–Kier alpha value is -1.59. The SMILES string of the molecule is COC(=O)C(C)(CON)c1ccccc1O. The molecule has 0 saturated heterocycles. The number of carbonyl (C=O) groups excluding carboxylic acids is 1. The van der Waals surface area contributed by atoms with Crippen LogP contribution in [0.15, 0.2) is 24.3 Å². The first-order chi connectivity index (χ1) is 7.56. The maximum absolute atomic E-state index is 11.7. The highest BCUT2D eigenvalue weighted by Gasteiger charge is 2.38. The Morgan fingerprint density at radius 2 is 2.12 bits per heavy atom. The molecule has 0 amide bonds. The van der Waals surface area contributed by atoms with Gasteiger partial charge in [-0.1, -0.05) is 18.2 Å². The average Bonchev–Trinajstić information content (AvgIpc) is 2.28. The van der Waals surface area contributed by atoms with Gasteiger partial charge in [0.25, 0.3) is 0 Å². The molecule has 1 aromatic rings. The van der Waals surface area contributed by atoms with Crippen molar-refractivity contribution >= 4 is 5.97 Å². The fraction of sp³-hybridized carbons (Fsp3) is 0.364. The molecule has 0 aliphatic rings. The fourth-order valence-electron chi connectivity index (χ4n) is 1.58. The molecule has 1 rings (SSSR count). The highest BCUT2D eigenvalue weighted by atomic mass is 16.6. The van der Waals surface area contributed by atoms with Crippen molar-refractivity contribution in [2.45, 2.75) is 12.3 Å². The normalized spacial score (nSPS) is 14.2. The summed E-state index contributed by atoms with van der Waals surface area (Å²) in [4.78, 5) is 16.2. The summed E-state index contributed by atoms with van der Waals surface area (Å²) in [6.45, 7) is 1.53. The van der Waals surface area contributed by atoms with Gasteiger partial charge in [0.1, 0.15) is 11.2 Å². The number of esters is 1. The maximum atomic E-state index is 11.7. The second kappa shape index (κ2) is 4.96. The highest BCUT2D eigenvalue weighted by molar-refractivity contribution is 5.83. The third-order valence-corrected chi connectivity index (χ3v) is 2.51. The van der Waals surface area contributed by atoms with Gasteiger partial charge in [0, 0.05) is 5.56 Å². The van der Waals surface area contributed by atoms with Crippen LogP contribution in [-0.4, -0.2) is 24.8 Å². The minimum absolute atomic E-state index is 0.00690. The minimum Gasteiger partial charge on any atom is -0.508 e. The third-order valence-electron chi connectivity index (χ3n) is 2.51. The van der Waals surface area contributed by atoms with E-state index < -0.39 is 11.4 Å². The third kappa shape index (κ3) is 2.15. The van der Waals surface area contributed by atoms with Gasteiger partial charge in [0.15, 0.2) is 0 Å². The van der Waals surface area contributed by atoms with Gasteiger partial charge < -0.3 is 14.7 Å². The number of rotatable bonds is 4. The van der Waals surface area contributed by atoms with E-state index in [0.29, 0.717) is 5.56 Å². The number of para-hydroxylation sites is 1. The number of nitrogens with two attached hydrogens (primary N) is 1. The van der Waals surface area contributed by atoms with E-state index in [1.165, 1.54) is 13.2 Å². The Balaban J connectivity index is 3.21. The first kappa shape index (κ1) is 12.5. The maximum Gasteiger partial charge on any atom is 0.318 e. The van der Waals surface area contributed by atoms with Crippen molar-refractivity contribution in [3.63, 3.8) is 0 Å².